The molecule has 2 heterocycles. The Morgan fingerprint density at radius 2 is 2.06 bits per heavy atom. The van der Waals surface area contributed by atoms with Gasteiger partial charge in [0.05, 0.1) is 17.6 Å². The molecule has 168 valence electrons. The van der Waals surface area contributed by atoms with Gasteiger partial charge in [0.25, 0.3) is 11.6 Å². The first-order chi connectivity index (χ1) is 14.9. The zero-order valence-electron chi connectivity index (χ0n) is 17.7. The van der Waals surface area contributed by atoms with Gasteiger partial charge in [0.15, 0.2) is 0 Å². The molecule has 9 heteroatoms. The van der Waals surface area contributed by atoms with Crippen molar-refractivity contribution in [3.05, 3.63) is 39.9 Å². The Kier molecular flexibility index (Phi) is 6.24. The predicted molar refractivity (Wildman–Crippen MR) is 111 cm³/mol. The standard InChI is InChI=1S/C22H29N3O6/c1-15-7-9-22(10-8-15)24(21(27)16-4-2-5-17(12-16)25(28)29)19(14-31-22)20(26)23-13-18-6-3-11-30-18/h2,4-5,12,15,18-19H,3,6-11,13-14H2,1H3,(H,23,26)/t15?,18-,19+,22?/m0/s1. The van der Waals surface area contributed by atoms with E-state index in [0.717, 1.165) is 25.7 Å². The maximum atomic E-state index is 13.6. The molecule has 2 atom stereocenters. The topological polar surface area (TPSA) is 111 Å². The molecule has 2 amide bonds. The van der Waals surface area contributed by atoms with Crippen molar-refractivity contribution in [3.8, 4) is 0 Å². The molecule has 3 fully saturated rings. The molecule has 2 aliphatic heterocycles. The smallest absolute Gasteiger partial charge is 0.270 e. The molecule has 2 saturated heterocycles. The van der Waals surface area contributed by atoms with Crippen molar-refractivity contribution in [1.29, 1.82) is 0 Å². The molecule has 1 aromatic carbocycles. The van der Waals surface area contributed by atoms with Gasteiger partial charge in [0, 0.05) is 30.8 Å². The first-order valence-electron chi connectivity index (χ1n) is 11.0. The van der Waals surface area contributed by atoms with Crippen LogP contribution in [0.15, 0.2) is 24.3 Å². The lowest BCUT2D eigenvalue weighted by Crippen LogP contribution is -2.57. The van der Waals surface area contributed by atoms with Crippen LogP contribution in [-0.2, 0) is 14.3 Å². The molecule has 3 aliphatic rings. The van der Waals surface area contributed by atoms with Crippen LogP contribution in [0.3, 0.4) is 0 Å². The van der Waals surface area contributed by atoms with Gasteiger partial charge in [0.1, 0.15) is 11.8 Å². The molecule has 1 aromatic rings. The van der Waals surface area contributed by atoms with Crippen molar-refractivity contribution in [1.82, 2.24) is 10.2 Å². The molecule has 9 nitrogen and oxygen atoms in total. The van der Waals surface area contributed by atoms with Gasteiger partial charge in [-0.1, -0.05) is 13.0 Å². The first kappa shape index (κ1) is 21.7. The highest BCUT2D eigenvalue weighted by molar-refractivity contribution is 5.99. The molecular formula is C22H29N3O6. The van der Waals surface area contributed by atoms with E-state index in [4.69, 9.17) is 9.47 Å². The third kappa shape index (κ3) is 4.43. The van der Waals surface area contributed by atoms with Crippen LogP contribution in [0.2, 0.25) is 0 Å². The molecular weight excluding hydrogens is 402 g/mol. The number of non-ortho nitro benzene ring substituents is 1. The zero-order chi connectivity index (χ0) is 22.0. The highest BCUT2D eigenvalue weighted by Crippen LogP contribution is 2.43. The lowest BCUT2D eigenvalue weighted by molar-refractivity contribution is -0.384. The van der Waals surface area contributed by atoms with E-state index in [9.17, 15) is 19.7 Å². The quantitative estimate of drug-likeness (QED) is 0.567. The van der Waals surface area contributed by atoms with Gasteiger partial charge in [-0.25, -0.2) is 0 Å². The number of amides is 2. The van der Waals surface area contributed by atoms with E-state index in [-0.39, 0.29) is 29.9 Å². The summed E-state index contributed by atoms with van der Waals surface area (Å²) in [6.07, 6.45) is 4.95. The van der Waals surface area contributed by atoms with Crippen molar-refractivity contribution in [2.24, 2.45) is 5.92 Å². The number of nitrogens with one attached hydrogen (secondary N) is 1. The summed E-state index contributed by atoms with van der Waals surface area (Å²) in [6.45, 7) is 3.39. The number of carbonyl (C=O) groups is 2. The van der Waals surface area contributed by atoms with Crippen molar-refractivity contribution in [3.63, 3.8) is 0 Å². The van der Waals surface area contributed by atoms with E-state index >= 15 is 0 Å². The summed E-state index contributed by atoms with van der Waals surface area (Å²) in [4.78, 5) is 38.8. The second-order valence-corrected chi connectivity index (χ2v) is 8.82. The Morgan fingerprint density at radius 1 is 1.29 bits per heavy atom. The largest absolute Gasteiger partial charge is 0.376 e. The zero-order valence-corrected chi connectivity index (χ0v) is 17.7. The molecule has 1 N–H and O–H groups in total. The average molecular weight is 431 g/mol. The molecule has 31 heavy (non-hydrogen) atoms. The molecule has 1 saturated carbocycles. The number of rotatable bonds is 5. The molecule has 1 spiro atoms. The third-order valence-corrected chi connectivity index (χ3v) is 6.67. The van der Waals surface area contributed by atoms with Crippen molar-refractivity contribution >= 4 is 17.5 Å². The van der Waals surface area contributed by atoms with Crippen molar-refractivity contribution < 1.29 is 24.0 Å². The summed E-state index contributed by atoms with van der Waals surface area (Å²) in [6, 6.07) is 4.88. The molecule has 4 rings (SSSR count). The summed E-state index contributed by atoms with van der Waals surface area (Å²) in [5.41, 5.74) is -0.814. The Balaban J connectivity index is 1.58. The average Bonchev–Trinajstić information content (AvgIpc) is 3.42. The van der Waals surface area contributed by atoms with Crippen LogP contribution in [-0.4, -0.2) is 59.3 Å². The molecule has 0 radical (unpaired) electrons. The Morgan fingerprint density at radius 3 is 2.74 bits per heavy atom. The van der Waals surface area contributed by atoms with Crippen LogP contribution in [0.1, 0.15) is 55.8 Å². The Bertz CT molecular complexity index is 845. The van der Waals surface area contributed by atoms with Crippen LogP contribution in [0.5, 0.6) is 0 Å². The lowest BCUT2D eigenvalue weighted by atomic mass is 9.83. The number of nitrogens with zero attached hydrogens (tertiary/aromatic N) is 2. The van der Waals surface area contributed by atoms with Gasteiger partial charge in [-0.2, -0.15) is 0 Å². The Labute approximate surface area is 181 Å². The van der Waals surface area contributed by atoms with Gasteiger partial charge >= 0.3 is 0 Å². The van der Waals surface area contributed by atoms with E-state index in [1.165, 1.54) is 18.2 Å². The van der Waals surface area contributed by atoms with Crippen LogP contribution < -0.4 is 5.32 Å². The van der Waals surface area contributed by atoms with Crippen LogP contribution in [0.25, 0.3) is 0 Å². The fourth-order valence-electron chi connectivity index (χ4n) is 4.81. The fraction of sp³-hybridized carbons (Fsp3) is 0.636. The minimum Gasteiger partial charge on any atom is -0.376 e. The van der Waals surface area contributed by atoms with Crippen molar-refractivity contribution in [2.75, 3.05) is 19.8 Å². The number of nitro groups is 1. The maximum Gasteiger partial charge on any atom is 0.270 e. The van der Waals surface area contributed by atoms with Crippen molar-refractivity contribution in [2.45, 2.75) is 63.3 Å². The number of benzene rings is 1. The SMILES string of the molecule is CC1CCC2(CC1)OC[C@H](C(=O)NC[C@@H]1CCCO1)N2C(=O)c1cccc([N+](=O)[O-])c1. The fourth-order valence-corrected chi connectivity index (χ4v) is 4.81. The summed E-state index contributed by atoms with van der Waals surface area (Å²) >= 11 is 0. The van der Waals surface area contributed by atoms with E-state index in [1.807, 2.05) is 0 Å². The minimum atomic E-state index is -0.847. The molecule has 0 bridgehead atoms. The third-order valence-electron chi connectivity index (χ3n) is 6.67. The summed E-state index contributed by atoms with van der Waals surface area (Å²) < 4.78 is 11.7. The lowest BCUT2D eigenvalue weighted by Gasteiger charge is -2.43. The maximum absolute atomic E-state index is 13.6. The summed E-state index contributed by atoms with van der Waals surface area (Å²) in [7, 11) is 0. The van der Waals surface area contributed by atoms with Gasteiger partial charge in [-0.05, 0) is 50.5 Å². The van der Waals surface area contributed by atoms with Gasteiger partial charge in [0.2, 0.25) is 5.91 Å². The summed E-state index contributed by atoms with van der Waals surface area (Å²) in [5.74, 6) is -0.158. The van der Waals surface area contributed by atoms with Crippen LogP contribution in [0, 0.1) is 16.0 Å². The summed E-state index contributed by atoms with van der Waals surface area (Å²) in [5, 5.41) is 14.1. The number of hydrogen-bond donors (Lipinski definition) is 1. The van der Waals surface area contributed by atoms with E-state index in [2.05, 4.69) is 12.2 Å². The number of hydrogen-bond acceptors (Lipinski definition) is 6. The number of carbonyl (C=O) groups excluding carboxylic acids is 2. The van der Waals surface area contributed by atoms with Gasteiger partial charge in [-0.3, -0.25) is 24.6 Å². The second kappa shape index (κ2) is 8.92. The highest BCUT2D eigenvalue weighted by atomic mass is 16.6. The molecule has 1 aliphatic carbocycles. The van der Waals surface area contributed by atoms with Gasteiger partial charge < -0.3 is 14.8 Å². The number of ether oxygens (including phenoxy) is 2. The molecule has 0 unspecified atom stereocenters. The van der Waals surface area contributed by atoms with Gasteiger partial charge in [-0.15, -0.1) is 0 Å². The normalized spacial score (nSPS) is 30.5. The number of nitro benzene ring substituents is 1. The highest BCUT2D eigenvalue weighted by Gasteiger charge is 2.53. The van der Waals surface area contributed by atoms with E-state index in [1.54, 1.807) is 11.0 Å². The van der Waals surface area contributed by atoms with E-state index in [0.29, 0.717) is 31.9 Å². The predicted octanol–water partition coefficient (Wildman–Crippen LogP) is 2.64. The minimum absolute atomic E-state index is 0.00307. The van der Waals surface area contributed by atoms with Crippen LogP contribution in [0.4, 0.5) is 5.69 Å². The van der Waals surface area contributed by atoms with Crippen LogP contribution >= 0.6 is 0 Å². The van der Waals surface area contributed by atoms with E-state index < -0.39 is 22.6 Å². The Hall–Kier alpha value is -2.52. The first-order valence-corrected chi connectivity index (χ1v) is 11.0. The monoisotopic (exact) mass is 431 g/mol. The second-order valence-electron chi connectivity index (χ2n) is 8.82. The molecule has 0 aromatic heterocycles.